The molecule has 0 unspecified atom stereocenters. The van der Waals surface area contributed by atoms with Crippen LogP contribution in [0.5, 0.6) is 0 Å². The number of fused-ring (bicyclic) bond motifs is 1. The fourth-order valence-corrected chi connectivity index (χ4v) is 4.65. The van der Waals surface area contributed by atoms with Gasteiger partial charge in [0.15, 0.2) is 4.80 Å². The highest BCUT2D eigenvalue weighted by Gasteiger charge is 2.33. The van der Waals surface area contributed by atoms with E-state index in [1.54, 1.807) is 56.3 Å². The molecule has 0 fully saturated rings. The van der Waals surface area contributed by atoms with Gasteiger partial charge in [0.05, 0.1) is 28.5 Å². The summed E-state index contributed by atoms with van der Waals surface area (Å²) in [7, 11) is 0. The molecule has 0 amide bonds. The molecule has 0 radical (unpaired) electrons. The molecule has 1 aliphatic heterocycles. The van der Waals surface area contributed by atoms with Crippen LogP contribution in [0.2, 0.25) is 5.02 Å². The summed E-state index contributed by atoms with van der Waals surface area (Å²) >= 11 is 7.19. The fourth-order valence-electron chi connectivity index (χ4n) is 3.49. The van der Waals surface area contributed by atoms with Gasteiger partial charge in [0, 0.05) is 10.6 Å². The molecule has 0 aliphatic carbocycles. The summed E-state index contributed by atoms with van der Waals surface area (Å²) in [6, 6.07) is 12.4. The topological polar surface area (TPSA) is 60.7 Å². The molecule has 0 spiro atoms. The third-order valence-corrected chi connectivity index (χ3v) is 6.13. The van der Waals surface area contributed by atoms with E-state index < -0.39 is 17.8 Å². The number of benzene rings is 2. The second kappa shape index (κ2) is 8.61. The van der Waals surface area contributed by atoms with Crippen molar-refractivity contribution in [2.24, 2.45) is 4.99 Å². The largest absolute Gasteiger partial charge is 0.463 e. The lowest BCUT2D eigenvalue weighted by molar-refractivity contribution is -0.139. The first-order valence-corrected chi connectivity index (χ1v) is 10.8. The van der Waals surface area contributed by atoms with Gasteiger partial charge in [-0.05, 0) is 43.7 Å². The van der Waals surface area contributed by atoms with E-state index in [4.69, 9.17) is 16.3 Å². The number of nitrogens with zero attached hydrogens (tertiary/aromatic N) is 2. The van der Waals surface area contributed by atoms with Gasteiger partial charge in [-0.2, -0.15) is 0 Å². The number of halogens is 2. The van der Waals surface area contributed by atoms with Crippen LogP contribution in [0.3, 0.4) is 0 Å². The Labute approximate surface area is 186 Å². The molecule has 2 aromatic carbocycles. The zero-order valence-electron chi connectivity index (χ0n) is 16.8. The van der Waals surface area contributed by atoms with Crippen LogP contribution >= 0.6 is 22.9 Å². The van der Waals surface area contributed by atoms with Gasteiger partial charge in [0.1, 0.15) is 5.82 Å². The van der Waals surface area contributed by atoms with Crippen LogP contribution < -0.4 is 14.9 Å². The summed E-state index contributed by atoms with van der Waals surface area (Å²) in [5, 5.41) is 0.536. The Morgan fingerprint density at radius 2 is 1.97 bits per heavy atom. The average molecular weight is 457 g/mol. The maximum absolute atomic E-state index is 14.1. The number of carbonyl (C=O) groups is 1. The number of ether oxygens (including phenoxy) is 1. The molecule has 4 rings (SSSR count). The van der Waals surface area contributed by atoms with Crippen molar-refractivity contribution in [1.29, 1.82) is 0 Å². The van der Waals surface area contributed by atoms with Crippen LogP contribution in [0.15, 0.2) is 69.6 Å². The molecule has 1 aromatic heterocycles. The van der Waals surface area contributed by atoms with Gasteiger partial charge in [-0.1, -0.05) is 53.3 Å². The number of aromatic nitrogens is 1. The number of rotatable bonds is 4. The van der Waals surface area contributed by atoms with Gasteiger partial charge in [-0.15, -0.1) is 0 Å². The zero-order chi connectivity index (χ0) is 22.1. The van der Waals surface area contributed by atoms with Crippen molar-refractivity contribution in [2.75, 3.05) is 6.61 Å². The maximum atomic E-state index is 14.1. The van der Waals surface area contributed by atoms with Crippen molar-refractivity contribution in [3.8, 4) is 0 Å². The molecule has 0 bridgehead atoms. The first-order chi connectivity index (χ1) is 14.9. The van der Waals surface area contributed by atoms with Crippen molar-refractivity contribution in [3.05, 3.63) is 101 Å². The molecular weight excluding hydrogens is 439 g/mol. The summed E-state index contributed by atoms with van der Waals surface area (Å²) in [5.74, 6) is -0.960. The van der Waals surface area contributed by atoms with Crippen LogP contribution in [-0.2, 0) is 9.53 Å². The third kappa shape index (κ3) is 3.98. The smallest absolute Gasteiger partial charge is 0.338 e. The van der Waals surface area contributed by atoms with Crippen molar-refractivity contribution < 1.29 is 13.9 Å². The Hall–Kier alpha value is -3.03. The van der Waals surface area contributed by atoms with E-state index >= 15 is 0 Å². The molecule has 5 nitrogen and oxygen atoms in total. The predicted octanol–water partition coefficient (Wildman–Crippen LogP) is 3.59. The quantitative estimate of drug-likeness (QED) is 0.564. The van der Waals surface area contributed by atoms with Crippen LogP contribution in [-0.4, -0.2) is 17.1 Å². The maximum Gasteiger partial charge on any atom is 0.338 e. The normalized spacial score (nSPS) is 16.1. The van der Waals surface area contributed by atoms with E-state index in [-0.39, 0.29) is 17.7 Å². The van der Waals surface area contributed by atoms with Gasteiger partial charge in [0.25, 0.3) is 5.56 Å². The van der Waals surface area contributed by atoms with E-state index in [1.807, 2.05) is 0 Å². The Morgan fingerprint density at radius 3 is 2.65 bits per heavy atom. The summed E-state index contributed by atoms with van der Waals surface area (Å²) in [4.78, 5) is 31.1. The lowest BCUT2D eigenvalue weighted by Crippen LogP contribution is -2.39. The summed E-state index contributed by atoms with van der Waals surface area (Å²) in [6.07, 6.45) is 1.50. The van der Waals surface area contributed by atoms with E-state index in [0.717, 1.165) is 11.3 Å². The fraction of sp³-hybridized carbons (Fsp3) is 0.174. The summed E-state index contributed by atoms with van der Waals surface area (Å²) < 4.78 is 21.2. The van der Waals surface area contributed by atoms with E-state index in [0.29, 0.717) is 31.2 Å². The summed E-state index contributed by atoms with van der Waals surface area (Å²) in [5.41, 5.74) is 1.39. The number of hydrogen-bond acceptors (Lipinski definition) is 5. The standard InChI is InChI=1S/C23H18ClFN2O3S/c1-3-30-22(29)19-13(2)26-23-27(20(19)14-8-10-16(24)11-9-14)21(28)18(31-23)12-15-6-4-5-7-17(15)25/h4-12,20H,3H2,1-2H3/t20-/m0/s1. The van der Waals surface area contributed by atoms with Crippen molar-refractivity contribution in [1.82, 2.24) is 4.57 Å². The molecule has 8 heteroatoms. The summed E-state index contributed by atoms with van der Waals surface area (Å²) in [6.45, 7) is 3.62. The Morgan fingerprint density at radius 1 is 1.26 bits per heavy atom. The van der Waals surface area contributed by atoms with Gasteiger partial charge in [0.2, 0.25) is 0 Å². The van der Waals surface area contributed by atoms with Crippen molar-refractivity contribution in [2.45, 2.75) is 19.9 Å². The SMILES string of the molecule is CCOC(=O)C1=C(C)N=c2sc(=Cc3ccccc3F)c(=O)n2[C@H]1c1ccc(Cl)cc1. The van der Waals surface area contributed by atoms with Crippen LogP contribution in [0.25, 0.3) is 6.08 Å². The minimum absolute atomic E-state index is 0.195. The monoisotopic (exact) mass is 456 g/mol. The van der Waals surface area contributed by atoms with Crippen molar-refractivity contribution >= 4 is 35.0 Å². The van der Waals surface area contributed by atoms with Crippen LogP contribution in [0.1, 0.15) is 31.0 Å². The Balaban J connectivity index is 1.97. The van der Waals surface area contributed by atoms with Crippen LogP contribution in [0, 0.1) is 5.82 Å². The van der Waals surface area contributed by atoms with E-state index in [9.17, 15) is 14.0 Å². The van der Waals surface area contributed by atoms with E-state index in [2.05, 4.69) is 4.99 Å². The molecule has 1 atom stereocenters. The molecule has 0 saturated carbocycles. The van der Waals surface area contributed by atoms with Crippen molar-refractivity contribution in [3.63, 3.8) is 0 Å². The number of esters is 1. The molecule has 0 saturated heterocycles. The Bertz CT molecular complexity index is 1370. The third-order valence-electron chi connectivity index (χ3n) is 4.89. The highest BCUT2D eigenvalue weighted by molar-refractivity contribution is 7.07. The molecule has 2 heterocycles. The molecule has 31 heavy (non-hydrogen) atoms. The highest BCUT2D eigenvalue weighted by atomic mass is 35.5. The Kier molecular flexibility index (Phi) is 5.89. The first-order valence-electron chi connectivity index (χ1n) is 9.60. The van der Waals surface area contributed by atoms with Gasteiger partial charge >= 0.3 is 5.97 Å². The molecule has 3 aromatic rings. The predicted molar refractivity (Wildman–Crippen MR) is 118 cm³/mol. The molecule has 0 N–H and O–H groups in total. The van der Waals surface area contributed by atoms with E-state index in [1.165, 1.54) is 16.7 Å². The van der Waals surface area contributed by atoms with Gasteiger partial charge in [-0.25, -0.2) is 14.2 Å². The van der Waals surface area contributed by atoms with Crippen LogP contribution in [0.4, 0.5) is 4.39 Å². The first kappa shape index (κ1) is 21.2. The second-order valence-corrected chi connectivity index (χ2v) is 8.32. The van der Waals surface area contributed by atoms with Gasteiger partial charge in [-0.3, -0.25) is 9.36 Å². The zero-order valence-corrected chi connectivity index (χ0v) is 18.3. The minimum atomic E-state index is -0.727. The number of carbonyl (C=O) groups excluding carboxylic acids is 1. The minimum Gasteiger partial charge on any atom is -0.463 e. The number of hydrogen-bond donors (Lipinski definition) is 0. The average Bonchev–Trinajstić information content (AvgIpc) is 3.04. The molecular formula is C23H18ClFN2O3S. The number of allylic oxidation sites excluding steroid dienone is 1. The lowest BCUT2D eigenvalue weighted by Gasteiger charge is -2.24. The second-order valence-electron chi connectivity index (χ2n) is 6.88. The molecule has 1 aliphatic rings. The lowest BCUT2D eigenvalue weighted by atomic mass is 9.96. The molecule has 158 valence electrons. The highest BCUT2D eigenvalue weighted by Crippen LogP contribution is 2.31. The van der Waals surface area contributed by atoms with Gasteiger partial charge < -0.3 is 4.74 Å². The number of thiazole rings is 1.